The van der Waals surface area contributed by atoms with Gasteiger partial charge in [0, 0.05) is 30.5 Å². The van der Waals surface area contributed by atoms with E-state index in [0.29, 0.717) is 17.2 Å². The molecule has 1 saturated carbocycles. The second-order valence-electron chi connectivity index (χ2n) is 7.99. The van der Waals surface area contributed by atoms with Gasteiger partial charge < -0.3 is 10.2 Å². The van der Waals surface area contributed by atoms with E-state index in [1.165, 1.54) is 25.7 Å². The van der Waals surface area contributed by atoms with Crippen molar-refractivity contribution >= 4 is 5.91 Å². The Kier molecular flexibility index (Phi) is 3.83. The first-order valence-electron chi connectivity index (χ1n) is 8.56. The van der Waals surface area contributed by atoms with Gasteiger partial charge >= 0.3 is 0 Å². The normalized spacial score (nSPS) is 32.6. The molecule has 3 nitrogen and oxygen atoms in total. The number of nitrogens with one attached hydrogen (secondary N) is 1. The molecule has 2 heterocycles. The van der Waals surface area contributed by atoms with E-state index in [4.69, 9.17) is 0 Å². The van der Waals surface area contributed by atoms with Gasteiger partial charge in [-0.05, 0) is 44.6 Å². The summed E-state index contributed by atoms with van der Waals surface area (Å²) in [5, 5.41) is 3.49. The number of hydrogen-bond acceptors (Lipinski definition) is 2. The summed E-state index contributed by atoms with van der Waals surface area (Å²) >= 11 is 0. The lowest BCUT2D eigenvalue weighted by Crippen LogP contribution is -2.43. The van der Waals surface area contributed by atoms with E-state index in [0.717, 1.165) is 45.4 Å². The highest BCUT2D eigenvalue weighted by atomic mass is 16.2. The van der Waals surface area contributed by atoms with Gasteiger partial charge in [-0.25, -0.2) is 0 Å². The Morgan fingerprint density at radius 1 is 1.20 bits per heavy atom. The monoisotopic (exact) mass is 278 g/mol. The highest BCUT2D eigenvalue weighted by Crippen LogP contribution is 2.46. The van der Waals surface area contributed by atoms with Gasteiger partial charge in [0.2, 0.25) is 5.91 Å². The van der Waals surface area contributed by atoms with Gasteiger partial charge in [-0.2, -0.15) is 0 Å². The van der Waals surface area contributed by atoms with E-state index in [9.17, 15) is 4.79 Å². The summed E-state index contributed by atoms with van der Waals surface area (Å²) in [7, 11) is 0. The van der Waals surface area contributed by atoms with Crippen molar-refractivity contribution in [2.75, 3.05) is 26.2 Å². The topological polar surface area (TPSA) is 32.3 Å². The lowest BCUT2D eigenvalue weighted by molar-refractivity contribution is -0.142. The zero-order valence-corrected chi connectivity index (χ0v) is 13.2. The van der Waals surface area contributed by atoms with Gasteiger partial charge in [0.05, 0.1) is 0 Å². The van der Waals surface area contributed by atoms with Crippen molar-refractivity contribution in [3.63, 3.8) is 0 Å². The second kappa shape index (κ2) is 5.32. The Hall–Kier alpha value is -0.570. The third kappa shape index (κ3) is 2.49. The molecule has 1 amide bonds. The van der Waals surface area contributed by atoms with E-state index in [-0.39, 0.29) is 5.41 Å². The maximum absolute atomic E-state index is 13.2. The lowest BCUT2D eigenvalue weighted by Gasteiger charge is -2.34. The van der Waals surface area contributed by atoms with Crippen LogP contribution in [0.5, 0.6) is 0 Å². The lowest BCUT2D eigenvalue weighted by atomic mass is 9.77. The summed E-state index contributed by atoms with van der Waals surface area (Å²) in [6.07, 6.45) is 8.32. The highest BCUT2D eigenvalue weighted by molar-refractivity contribution is 5.83. The molecule has 3 fully saturated rings. The molecule has 0 aromatic heterocycles. The predicted molar refractivity (Wildman–Crippen MR) is 81.5 cm³/mol. The number of carbonyl (C=O) groups is 1. The summed E-state index contributed by atoms with van der Waals surface area (Å²) in [4.78, 5) is 15.4. The minimum atomic E-state index is -0.00820. The Bertz CT molecular complexity index is 365. The number of nitrogens with zero attached hydrogens (tertiary/aromatic N) is 1. The van der Waals surface area contributed by atoms with Gasteiger partial charge in [-0.3, -0.25) is 4.79 Å². The first kappa shape index (κ1) is 14.4. The van der Waals surface area contributed by atoms with Crippen molar-refractivity contribution in [3.05, 3.63) is 0 Å². The summed E-state index contributed by atoms with van der Waals surface area (Å²) in [5.41, 5.74) is 0.402. The van der Waals surface area contributed by atoms with Crippen LogP contribution in [0, 0.1) is 16.7 Å². The Balaban J connectivity index is 1.71. The number of carbonyl (C=O) groups excluding carboxylic acids is 1. The minimum Gasteiger partial charge on any atom is -0.342 e. The molecule has 2 saturated heterocycles. The molecule has 1 unspecified atom stereocenters. The fourth-order valence-corrected chi connectivity index (χ4v) is 4.93. The molecule has 0 aromatic carbocycles. The highest BCUT2D eigenvalue weighted by Gasteiger charge is 2.48. The smallest absolute Gasteiger partial charge is 0.228 e. The first-order valence-corrected chi connectivity index (χ1v) is 8.56. The van der Waals surface area contributed by atoms with Crippen LogP contribution in [0.3, 0.4) is 0 Å². The van der Waals surface area contributed by atoms with Gasteiger partial charge in [-0.1, -0.05) is 26.7 Å². The van der Waals surface area contributed by atoms with Crippen molar-refractivity contribution in [2.45, 2.75) is 58.8 Å². The molecular formula is C17H30N2O. The Morgan fingerprint density at radius 2 is 1.95 bits per heavy atom. The van der Waals surface area contributed by atoms with E-state index in [1.807, 2.05) is 0 Å². The molecule has 0 bridgehead atoms. The molecule has 3 rings (SSSR count). The van der Waals surface area contributed by atoms with Crippen LogP contribution < -0.4 is 5.32 Å². The van der Waals surface area contributed by atoms with Crippen LogP contribution in [0.25, 0.3) is 0 Å². The second-order valence-corrected chi connectivity index (χ2v) is 7.99. The van der Waals surface area contributed by atoms with Crippen LogP contribution in [0.15, 0.2) is 0 Å². The fraction of sp³-hybridized carbons (Fsp3) is 0.941. The molecule has 1 atom stereocenters. The average Bonchev–Trinajstić information content (AvgIpc) is 3.12. The molecule has 114 valence electrons. The summed E-state index contributed by atoms with van der Waals surface area (Å²) < 4.78 is 0. The molecule has 0 aromatic rings. The molecule has 3 heteroatoms. The van der Waals surface area contributed by atoms with Crippen molar-refractivity contribution in [1.29, 1.82) is 0 Å². The summed E-state index contributed by atoms with van der Waals surface area (Å²) in [6.45, 7) is 8.80. The molecule has 2 aliphatic heterocycles. The van der Waals surface area contributed by atoms with Gasteiger partial charge in [0.1, 0.15) is 0 Å². The van der Waals surface area contributed by atoms with Crippen molar-refractivity contribution in [3.8, 4) is 0 Å². The van der Waals surface area contributed by atoms with Crippen LogP contribution in [0.1, 0.15) is 58.8 Å². The van der Waals surface area contributed by atoms with Gasteiger partial charge in [0.15, 0.2) is 0 Å². The predicted octanol–water partition coefficient (Wildman–Crippen LogP) is 2.80. The zero-order chi connectivity index (χ0) is 14.2. The van der Waals surface area contributed by atoms with Crippen LogP contribution in [0.4, 0.5) is 0 Å². The van der Waals surface area contributed by atoms with E-state index >= 15 is 0 Å². The SMILES string of the molecule is CC(C)CC1(C(=O)N2CCC3(CCNC3)C2)CCCC1. The fourth-order valence-electron chi connectivity index (χ4n) is 4.93. The average molecular weight is 278 g/mol. The van der Waals surface area contributed by atoms with Crippen LogP contribution >= 0.6 is 0 Å². The third-order valence-electron chi connectivity index (χ3n) is 5.87. The van der Waals surface area contributed by atoms with Crippen LogP contribution in [0.2, 0.25) is 0 Å². The van der Waals surface area contributed by atoms with E-state index in [1.54, 1.807) is 0 Å². The van der Waals surface area contributed by atoms with Crippen molar-refractivity contribution in [2.24, 2.45) is 16.7 Å². The molecule has 3 aliphatic rings. The van der Waals surface area contributed by atoms with E-state index in [2.05, 4.69) is 24.1 Å². The Labute approximate surface area is 123 Å². The molecule has 1 aliphatic carbocycles. The Morgan fingerprint density at radius 3 is 2.55 bits per heavy atom. The van der Waals surface area contributed by atoms with Crippen molar-refractivity contribution in [1.82, 2.24) is 10.2 Å². The molecule has 0 radical (unpaired) electrons. The maximum Gasteiger partial charge on any atom is 0.228 e. The van der Waals surface area contributed by atoms with E-state index < -0.39 is 0 Å². The quantitative estimate of drug-likeness (QED) is 0.861. The standard InChI is InChI=1S/C17H30N2O/c1-14(2)11-17(5-3-4-6-17)15(20)19-10-8-16(13-19)7-9-18-12-16/h14,18H,3-13H2,1-2H3. The number of hydrogen-bond donors (Lipinski definition) is 1. The molecular weight excluding hydrogens is 248 g/mol. The molecule has 20 heavy (non-hydrogen) atoms. The summed E-state index contributed by atoms with van der Waals surface area (Å²) in [5.74, 6) is 1.12. The van der Waals surface area contributed by atoms with Gasteiger partial charge in [-0.15, -0.1) is 0 Å². The van der Waals surface area contributed by atoms with Crippen molar-refractivity contribution < 1.29 is 4.79 Å². The largest absolute Gasteiger partial charge is 0.342 e. The number of rotatable bonds is 3. The zero-order valence-electron chi connectivity index (χ0n) is 13.2. The maximum atomic E-state index is 13.2. The van der Waals surface area contributed by atoms with Crippen LogP contribution in [-0.2, 0) is 4.79 Å². The number of likely N-dealkylation sites (tertiary alicyclic amines) is 1. The minimum absolute atomic E-state index is 0.00820. The first-order chi connectivity index (χ1) is 9.55. The summed E-state index contributed by atoms with van der Waals surface area (Å²) in [6, 6.07) is 0. The van der Waals surface area contributed by atoms with Crippen LogP contribution in [-0.4, -0.2) is 37.0 Å². The molecule has 1 spiro atoms. The van der Waals surface area contributed by atoms with Gasteiger partial charge in [0.25, 0.3) is 0 Å². The molecule has 1 N–H and O–H groups in total. The number of amides is 1. The third-order valence-corrected chi connectivity index (χ3v) is 5.87.